The van der Waals surface area contributed by atoms with Crippen molar-refractivity contribution in [2.75, 3.05) is 32.7 Å². The summed E-state index contributed by atoms with van der Waals surface area (Å²) >= 11 is 0. The number of nitrogens with zero attached hydrogens (tertiary/aromatic N) is 5. The number of carbonyl (C=O) groups excluding carboxylic acids is 2. The number of aliphatic imine (C=N–C) groups is 1. The van der Waals surface area contributed by atoms with Crippen molar-refractivity contribution in [3.05, 3.63) is 42.1 Å². The fourth-order valence-corrected chi connectivity index (χ4v) is 2.85. The Labute approximate surface area is 185 Å². The van der Waals surface area contributed by atoms with Gasteiger partial charge in [0.15, 0.2) is 12.6 Å². The lowest BCUT2D eigenvalue weighted by molar-refractivity contribution is -0.128. The van der Waals surface area contributed by atoms with Crippen molar-refractivity contribution in [1.29, 1.82) is 0 Å². The second kappa shape index (κ2) is 9.84. The van der Waals surface area contributed by atoms with Crippen molar-refractivity contribution in [3.63, 3.8) is 0 Å². The van der Waals surface area contributed by atoms with Gasteiger partial charge in [0.1, 0.15) is 17.8 Å². The topological polar surface area (TPSA) is 145 Å². The van der Waals surface area contributed by atoms with E-state index in [9.17, 15) is 9.59 Å². The lowest BCUT2D eigenvalue weighted by atomic mass is 9.91. The van der Waals surface area contributed by atoms with Crippen molar-refractivity contribution in [2.24, 2.45) is 10.7 Å². The second-order valence-electron chi connectivity index (χ2n) is 7.07. The third kappa shape index (κ3) is 5.35. The van der Waals surface area contributed by atoms with Crippen LogP contribution in [0.2, 0.25) is 0 Å². The molecule has 0 radical (unpaired) electrons. The van der Waals surface area contributed by atoms with Gasteiger partial charge in [-0.25, -0.2) is 15.0 Å². The molecule has 0 bridgehead atoms. The monoisotopic (exact) mass is 437 g/mol. The molecule has 1 aliphatic heterocycles. The number of rotatable bonds is 6. The SMILES string of the molecule is COCC#CCOc1cnc(C(=O)Nc2ccnc(C3(C)CC(=O)N(C)C(N)=N3)c2)cn1. The molecule has 3 heterocycles. The largest absolute Gasteiger partial charge is 0.463 e. The summed E-state index contributed by atoms with van der Waals surface area (Å²) in [4.78, 5) is 42.9. The second-order valence-corrected chi connectivity index (χ2v) is 7.07. The zero-order chi connectivity index (χ0) is 23.1. The number of hydrogen-bond acceptors (Lipinski definition) is 9. The van der Waals surface area contributed by atoms with Crippen molar-refractivity contribution in [2.45, 2.75) is 18.9 Å². The van der Waals surface area contributed by atoms with E-state index in [-0.39, 0.29) is 36.5 Å². The third-order valence-electron chi connectivity index (χ3n) is 4.64. The first kappa shape index (κ1) is 22.6. The Morgan fingerprint density at radius 1 is 1.28 bits per heavy atom. The van der Waals surface area contributed by atoms with Crippen LogP contribution in [0.25, 0.3) is 0 Å². The molecule has 2 aromatic heterocycles. The molecule has 11 nitrogen and oxygen atoms in total. The summed E-state index contributed by atoms with van der Waals surface area (Å²) in [6, 6.07) is 3.27. The first-order valence-corrected chi connectivity index (χ1v) is 9.61. The Morgan fingerprint density at radius 3 is 2.75 bits per heavy atom. The van der Waals surface area contributed by atoms with Crippen molar-refractivity contribution < 1.29 is 19.1 Å². The Hall–Kier alpha value is -4.04. The zero-order valence-electron chi connectivity index (χ0n) is 18.0. The molecule has 3 rings (SSSR count). The standard InChI is InChI=1S/C21H23N7O4/c1-21(11-18(29)28(2)20(22)27-21)16-10-14(6-7-23-16)26-19(30)15-12-25-17(13-24-15)32-9-5-4-8-31-3/h6-7,10,12-13H,8-9,11H2,1-3H3,(H2,22,27)(H,23,26,30). The number of pyridine rings is 1. The molecule has 0 aliphatic carbocycles. The maximum atomic E-state index is 12.6. The smallest absolute Gasteiger partial charge is 0.275 e. The number of aromatic nitrogens is 3. The highest BCUT2D eigenvalue weighted by molar-refractivity contribution is 6.02. The summed E-state index contributed by atoms with van der Waals surface area (Å²) in [5, 5.41) is 2.74. The molecule has 11 heteroatoms. The number of ether oxygens (including phenoxy) is 2. The minimum atomic E-state index is -0.931. The van der Waals surface area contributed by atoms with Gasteiger partial charge in [-0.15, -0.1) is 0 Å². The van der Waals surface area contributed by atoms with Crippen LogP contribution >= 0.6 is 0 Å². The predicted molar refractivity (Wildman–Crippen MR) is 116 cm³/mol. The van der Waals surface area contributed by atoms with Gasteiger partial charge in [0.2, 0.25) is 11.8 Å². The minimum absolute atomic E-state index is 0.101. The molecule has 3 N–H and O–H groups in total. The van der Waals surface area contributed by atoms with E-state index in [0.29, 0.717) is 18.0 Å². The molecule has 1 unspecified atom stereocenters. The van der Waals surface area contributed by atoms with Crippen LogP contribution in [0.15, 0.2) is 35.7 Å². The highest BCUT2D eigenvalue weighted by Gasteiger charge is 2.37. The number of amides is 2. The number of carbonyl (C=O) groups is 2. The van der Waals surface area contributed by atoms with Gasteiger partial charge in [-0.1, -0.05) is 11.8 Å². The fraction of sp³-hybridized carbons (Fsp3) is 0.333. The van der Waals surface area contributed by atoms with Gasteiger partial charge in [-0.2, -0.15) is 0 Å². The van der Waals surface area contributed by atoms with E-state index in [1.54, 1.807) is 33.2 Å². The molecule has 2 aromatic rings. The average Bonchev–Trinajstić information content (AvgIpc) is 2.78. The maximum absolute atomic E-state index is 12.6. The lowest BCUT2D eigenvalue weighted by Crippen LogP contribution is -2.47. The molecule has 0 saturated carbocycles. The van der Waals surface area contributed by atoms with E-state index in [1.807, 2.05) is 0 Å². The summed E-state index contributed by atoms with van der Waals surface area (Å²) in [5.74, 6) is 5.23. The van der Waals surface area contributed by atoms with Crippen molar-refractivity contribution >= 4 is 23.5 Å². The highest BCUT2D eigenvalue weighted by Crippen LogP contribution is 2.32. The lowest BCUT2D eigenvalue weighted by Gasteiger charge is -2.32. The van der Waals surface area contributed by atoms with Gasteiger partial charge in [0.05, 0.1) is 24.5 Å². The molecule has 0 fully saturated rings. The van der Waals surface area contributed by atoms with Crippen LogP contribution in [0.4, 0.5) is 5.69 Å². The minimum Gasteiger partial charge on any atom is -0.463 e. The summed E-state index contributed by atoms with van der Waals surface area (Å²) < 4.78 is 10.1. The molecule has 2 amide bonds. The normalized spacial score (nSPS) is 17.8. The summed E-state index contributed by atoms with van der Waals surface area (Å²) in [5.41, 5.74) is 6.00. The first-order valence-electron chi connectivity index (χ1n) is 9.61. The molecular formula is C21H23N7O4. The fourth-order valence-electron chi connectivity index (χ4n) is 2.85. The molecule has 32 heavy (non-hydrogen) atoms. The maximum Gasteiger partial charge on any atom is 0.275 e. The molecule has 0 aromatic carbocycles. The first-order chi connectivity index (χ1) is 15.3. The van der Waals surface area contributed by atoms with Gasteiger partial charge in [0, 0.05) is 26.0 Å². The number of anilines is 1. The Bertz CT molecular complexity index is 1090. The summed E-state index contributed by atoms with van der Waals surface area (Å²) in [6.07, 6.45) is 4.28. The van der Waals surface area contributed by atoms with E-state index in [4.69, 9.17) is 15.2 Å². The number of nitrogens with one attached hydrogen (secondary N) is 1. The van der Waals surface area contributed by atoms with Gasteiger partial charge < -0.3 is 20.5 Å². The molecule has 166 valence electrons. The Kier molecular flexibility index (Phi) is 6.97. The summed E-state index contributed by atoms with van der Waals surface area (Å²) in [7, 11) is 3.12. The van der Waals surface area contributed by atoms with E-state index in [0.717, 1.165) is 0 Å². The van der Waals surface area contributed by atoms with E-state index < -0.39 is 11.4 Å². The number of nitrogens with two attached hydrogens (primary N) is 1. The number of methoxy groups -OCH3 is 1. The molecule has 0 saturated heterocycles. The number of guanidine groups is 1. The van der Waals surface area contributed by atoms with Gasteiger partial charge in [-0.3, -0.25) is 19.5 Å². The van der Waals surface area contributed by atoms with Crippen LogP contribution in [0.5, 0.6) is 5.88 Å². The zero-order valence-corrected chi connectivity index (χ0v) is 18.0. The highest BCUT2D eigenvalue weighted by atomic mass is 16.5. The van der Waals surface area contributed by atoms with Crippen LogP contribution < -0.4 is 15.8 Å². The predicted octanol–water partition coefficient (Wildman–Crippen LogP) is 0.545. The molecule has 0 spiro atoms. The quantitative estimate of drug-likeness (QED) is 0.623. The average molecular weight is 437 g/mol. The molecule has 1 aliphatic rings. The number of hydrogen-bond donors (Lipinski definition) is 2. The van der Waals surface area contributed by atoms with Crippen LogP contribution in [-0.4, -0.2) is 65.0 Å². The van der Waals surface area contributed by atoms with Crippen molar-refractivity contribution in [3.8, 4) is 17.7 Å². The van der Waals surface area contributed by atoms with Crippen LogP contribution in [-0.2, 0) is 15.1 Å². The molecular weight excluding hydrogens is 414 g/mol. The Morgan fingerprint density at radius 2 is 2.06 bits per heavy atom. The summed E-state index contributed by atoms with van der Waals surface area (Å²) in [6.45, 7) is 2.22. The van der Waals surface area contributed by atoms with Crippen LogP contribution in [0, 0.1) is 11.8 Å². The Balaban J connectivity index is 1.67. The van der Waals surface area contributed by atoms with Crippen LogP contribution in [0.3, 0.4) is 0 Å². The van der Waals surface area contributed by atoms with Crippen LogP contribution in [0.1, 0.15) is 29.5 Å². The van der Waals surface area contributed by atoms with E-state index in [1.165, 1.54) is 23.5 Å². The van der Waals surface area contributed by atoms with E-state index in [2.05, 4.69) is 37.1 Å². The van der Waals surface area contributed by atoms with Crippen molar-refractivity contribution in [1.82, 2.24) is 19.9 Å². The van der Waals surface area contributed by atoms with E-state index >= 15 is 0 Å². The van der Waals surface area contributed by atoms with Gasteiger partial charge >= 0.3 is 0 Å². The van der Waals surface area contributed by atoms with Gasteiger partial charge in [0.25, 0.3) is 5.91 Å². The third-order valence-corrected chi connectivity index (χ3v) is 4.64. The molecule has 1 atom stereocenters. The van der Waals surface area contributed by atoms with Gasteiger partial charge in [-0.05, 0) is 19.1 Å².